The number of halogens is 1. The molecule has 6 heteroatoms. The van der Waals surface area contributed by atoms with Gasteiger partial charge in [0.05, 0.1) is 0 Å². The summed E-state index contributed by atoms with van der Waals surface area (Å²) in [4.78, 5) is 30.2. The molecule has 30 heavy (non-hydrogen) atoms. The van der Waals surface area contributed by atoms with Gasteiger partial charge in [0, 0.05) is 25.2 Å². The first-order valence-corrected chi connectivity index (χ1v) is 10.4. The van der Waals surface area contributed by atoms with Crippen molar-refractivity contribution in [3.05, 3.63) is 71.8 Å². The number of nitrogens with zero attached hydrogens (tertiary/aromatic N) is 2. The summed E-state index contributed by atoms with van der Waals surface area (Å²) in [7, 11) is 0. The van der Waals surface area contributed by atoms with E-state index in [1.54, 1.807) is 0 Å². The molecule has 0 unspecified atom stereocenters. The molecule has 1 saturated heterocycles. The number of hydrogen-bond donors (Lipinski definition) is 1. The Morgan fingerprint density at radius 2 is 1.33 bits per heavy atom. The van der Waals surface area contributed by atoms with Crippen LogP contribution in [-0.4, -0.2) is 46.9 Å². The number of benzene rings is 2. The van der Waals surface area contributed by atoms with Crippen LogP contribution in [0.5, 0.6) is 0 Å². The number of imide groups is 1. The Kier molecular flexibility index (Phi) is 8.04. The van der Waals surface area contributed by atoms with Crippen molar-refractivity contribution >= 4 is 24.3 Å². The number of carbonyl (C=O) groups is 2. The zero-order chi connectivity index (χ0) is 21.0. The van der Waals surface area contributed by atoms with Crippen LogP contribution < -0.4 is 5.32 Å². The second-order valence-electron chi connectivity index (χ2n) is 8.15. The Balaban J connectivity index is 0.00000320. The second-order valence-corrected chi connectivity index (χ2v) is 8.15. The van der Waals surface area contributed by atoms with E-state index < -0.39 is 5.54 Å². The van der Waals surface area contributed by atoms with Gasteiger partial charge in [-0.3, -0.25) is 14.6 Å². The van der Waals surface area contributed by atoms with E-state index in [0.29, 0.717) is 18.6 Å². The van der Waals surface area contributed by atoms with E-state index in [1.165, 1.54) is 4.90 Å². The minimum absolute atomic E-state index is 0. The lowest BCUT2D eigenvalue weighted by Crippen LogP contribution is -2.45. The van der Waals surface area contributed by atoms with E-state index in [0.717, 1.165) is 24.1 Å². The molecule has 2 aromatic carbocycles. The zero-order valence-corrected chi connectivity index (χ0v) is 19.0. The van der Waals surface area contributed by atoms with Crippen molar-refractivity contribution in [1.82, 2.24) is 15.1 Å². The van der Waals surface area contributed by atoms with Gasteiger partial charge in [0.25, 0.3) is 5.91 Å². The highest BCUT2D eigenvalue weighted by Gasteiger charge is 2.53. The molecule has 0 spiro atoms. The Morgan fingerprint density at radius 1 is 0.867 bits per heavy atom. The summed E-state index contributed by atoms with van der Waals surface area (Å²) in [5.41, 5.74) is 0.381. The second kappa shape index (κ2) is 10.1. The van der Waals surface area contributed by atoms with Crippen LogP contribution in [0.2, 0.25) is 0 Å². The number of hydrogen-bond acceptors (Lipinski definition) is 3. The predicted molar refractivity (Wildman–Crippen MR) is 123 cm³/mol. The van der Waals surface area contributed by atoms with E-state index in [1.807, 2.05) is 60.7 Å². The predicted octanol–water partition coefficient (Wildman–Crippen LogP) is 4.41. The largest absolute Gasteiger partial charge is 0.325 e. The first kappa shape index (κ1) is 23.9. The quantitative estimate of drug-likeness (QED) is 0.632. The van der Waals surface area contributed by atoms with Gasteiger partial charge >= 0.3 is 6.03 Å². The Morgan fingerprint density at radius 3 is 1.77 bits per heavy atom. The third kappa shape index (κ3) is 4.52. The monoisotopic (exact) mass is 429 g/mol. The van der Waals surface area contributed by atoms with Crippen LogP contribution >= 0.6 is 12.4 Å². The molecule has 5 nitrogen and oxygen atoms in total. The van der Waals surface area contributed by atoms with E-state index in [-0.39, 0.29) is 24.3 Å². The molecule has 1 N–H and O–H groups in total. The molecule has 2 aromatic rings. The van der Waals surface area contributed by atoms with Crippen LogP contribution in [0.3, 0.4) is 0 Å². The smallest absolute Gasteiger partial charge is 0.315 e. The van der Waals surface area contributed by atoms with Crippen LogP contribution in [0.25, 0.3) is 0 Å². The Labute approximate surface area is 185 Å². The van der Waals surface area contributed by atoms with E-state index in [2.05, 4.69) is 37.9 Å². The average molecular weight is 430 g/mol. The fourth-order valence-corrected chi connectivity index (χ4v) is 4.24. The molecule has 3 amide bonds. The van der Waals surface area contributed by atoms with Crippen molar-refractivity contribution in [3.8, 4) is 0 Å². The summed E-state index contributed by atoms with van der Waals surface area (Å²) in [6.07, 6.45) is 0.745. The van der Waals surface area contributed by atoms with Crippen molar-refractivity contribution in [2.24, 2.45) is 0 Å². The van der Waals surface area contributed by atoms with Gasteiger partial charge < -0.3 is 5.32 Å². The van der Waals surface area contributed by atoms with Crippen molar-refractivity contribution in [2.75, 3.05) is 13.1 Å². The molecular formula is C24H32ClN3O2. The first-order chi connectivity index (χ1) is 13.9. The molecule has 1 aliphatic heterocycles. The lowest BCUT2D eigenvalue weighted by molar-refractivity contribution is -0.130. The summed E-state index contributed by atoms with van der Waals surface area (Å²) in [5.74, 6) is -0.208. The minimum atomic E-state index is -1.17. The van der Waals surface area contributed by atoms with Crippen LogP contribution in [0.1, 0.15) is 45.2 Å². The highest BCUT2D eigenvalue weighted by Crippen LogP contribution is 2.36. The lowest BCUT2D eigenvalue weighted by Gasteiger charge is -2.31. The third-order valence-corrected chi connectivity index (χ3v) is 5.64. The molecule has 0 aromatic heterocycles. The van der Waals surface area contributed by atoms with Gasteiger partial charge in [0.1, 0.15) is 0 Å². The molecule has 162 valence electrons. The SMILES string of the molecule is CC(C)N(CCCN1C(=O)NC(c2ccccc2)(c2ccccc2)C1=O)C(C)C.Cl. The van der Waals surface area contributed by atoms with E-state index in [9.17, 15) is 9.59 Å². The number of amides is 3. The van der Waals surface area contributed by atoms with Crippen molar-refractivity contribution in [1.29, 1.82) is 0 Å². The van der Waals surface area contributed by atoms with Gasteiger partial charge in [-0.05, 0) is 45.2 Å². The molecule has 0 radical (unpaired) electrons. The maximum Gasteiger partial charge on any atom is 0.325 e. The molecular weight excluding hydrogens is 398 g/mol. The van der Waals surface area contributed by atoms with Crippen molar-refractivity contribution < 1.29 is 9.59 Å². The first-order valence-electron chi connectivity index (χ1n) is 10.4. The fraction of sp³-hybridized carbons (Fsp3) is 0.417. The van der Waals surface area contributed by atoms with Gasteiger partial charge in [-0.2, -0.15) is 0 Å². The lowest BCUT2D eigenvalue weighted by atomic mass is 9.82. The van der Waals surface area contributed by atoms with Crippen molar-refractivity contribution in [3.63, 3.8) is 0 Å². The molecule has 1 fully saturated rings. The summed E-state index contributed by atoms with van der Waals surface area (Å²) < 4.78 is 0. The summed E-state index contributed by atoms with van der Waals surface area (Å²) in [6.45, 7) is 9.93. The highest BCUT2D eigenvalue weighted by atomic mass is 35.5. The maximum absolute atomic E-state index is 13.6. The van der Waals surface area contributed by atoms with Crippen molar-refractivity contribution in [2.45, 2.75) is 51.7 Å². The minimum Gasteiger partial charge on any atom is -0.315 e. The topological polar surface area (TPSA) is 52.6 Å². The molecule has 1 heterocycles. The van der Waals surface area contributed by atoms with Gasteiger partial charge in [-0.15, -0.1) is 12.4 Å². The Bertz CT molecular complexity index is 793. The van der Waals surface area contributed by atoms with Crippen LogP contribution in [0, 0.1) is 0 Å². The van der Waals surface area contributed by atoms with Gasteiger partial charge in [-0.25, -0.2) is 4.79 Å². The maximum atomic E-state index is 13.6. The summed E-state index contributed by atoms with van der Waals surface area (Å²) >= 11 is 0. The zero-order valence-electron chi connectivity index (χ0n) is 18.2. The van der Waals surface area contributed by atoms with Crippen LogP contribution in [-0.2, 0) is 10.3 Å². The molecule has 0 aliphatic carbocycles. The van der Waals surface area contributed by atoms with E-state index >= 15 is 0 Å². The number of carbonyl (C=O) groups excluding carboxylic acids is 2. The van der Waals surface area contributed by atoms with Gasteiger partial charge in [-0.1, -0.05) is 60.7 Å². The molecule has 0 atom stereocenters. The summed E-state index contributed by atoms with van der Waals surface area (Å²) in [5, 5.41) is 3.01. The van der Waals surface area contributed by atoms with Gasteiger partial charge in [0.15, 0.2) is 5.54 Å². The Hall–Kier alpha value is -2.37. The molecule has 0 bridgehead atoms. The molecule has 1 aliphatic rings. The summed E-state index contributed by atoms with van der Waals surface area (Å²) in [6, 6.07) is 19.5. The molecule has 3 rings (SSSR count). The number of rotatable bonds is 8. The average Bonchev–Trinajstić information content (AvgIpc) is 2.97. The van der Waals surface area contributed by atoms with E-state index in [4.69, 9.17) is 0 Å². The highest BCUT2D eigenvalue weighted by molar-refractivity contribution is 6.09. The number of nitrogens with one attached hydrogen (secondary N) is 1. The van der Waals surface area contributed by atoms with Crippen LogP contribution in [0.4, 0.5) is 4.79 Å². The van der Waals surface area contributed by atoms with Gasteiger partial charge in [0.2, 0.25) is 0 Å². The van der Waals surface area contributed by atoms with Crippen LogP contribution in [0.15, 0.2) is 60.7 Å². The molecule has 0 saturated carbocycles. The normalized spacial score (nSPS) is 15.6. The third-order valence-electron chi connectivity index (χ3n) is 5.64. The fourth-order valence-electron chi connectivity index (χ4n) is 4.24. The standard InChI is InChI=1S/C24H31N3O2.ClH/c1-18(2)26(19(3)4)16-11-17-27-22(28)24(25-23(27)29,20-12-7-5-8-13-20)21-14-9-6-10-15-21;/h5-10,12-15,18-19H,11,16-17H2,1-4H3,(H,25,29);1H. The number of urea groups is 1.